The number of ether oxygens (including phenoxy) is 2. The quantitative estimate of drug-likeness (QED) is 0.863. The topological polar surface area (TPSA) is 86.7 Å². The van der Waals surface area contributed by atoms with Crippen LogP contribution in [0.2, 0.25) is 0 Å². The first kappa shape index (κ1) is 14.6. The Morgan fingerprint density at radius 2 is 2.00 bits per heavy atom. The van der Waals surface area contributed by atoms with E-state index in [1.807, 2.05) is 24.3 Å². The molecule has 2 aromatic rings. The van der Waals surface area contributed by atoms with Crippen LogP contribution < -0.4 is 20.8 Å². The molecule has 0 saturated carbocycles. The number of nitrogens with zero attached hydrogens (tertiary/aromatic N) is 1. The van der Waals surface area contributed by atoms with Crippen LogP contribution in [0.3, 0.4) is 0 Å². The maximum Gasteiger partial charge on any atom is 0.255 e. The summed E-state index contributed by atoms with van der Waals surface area (Å²) < 4.78 is 12.3. The van der Waals surface area contributed by atoms with Gasteiger partial charge in [0, 0.05) is 30.8 Å². The number of aliphatic hydroxyl groups is 1. The molecule has 0 bridgehead atoms. The Morgan fingerprint density at radius 3 is 2.77 bits per heavy atom. The largest absolute Gasteiger partial charge is 0.454 e. The van der Waals surface area contributed by atoms with E-state index in [1.54, 1.807) is 10.6 Å². The number of aromatic nitrogens is 1. The minimum Gasteiger partial charge on any atom is -0.454 e. The summed E-state index contributed by atoms with van der Waals surface area (Å²) in [5, 5.41) is 9.06. The molecule has 1 aliphatic rings. The third-order valence-electron chi connectivity index (χ3n) is 3.68. The number of benzene rings is 1. The summed E-state index contributed by atoms with van der Waals surface area (Å²) in [6.45, 7) is 0.869. The van der Waals surface area contributed by atoms with E-state index >= 15 is 0 Å². The first-order valence-corrected chi connectivity index (χ1v) is 7.18. The van der Waals surface area contributed by atoms with E-state index in [-0.39, 0.29) is 25.5 Å². The second-order valence-electron chi connectivity index (χ2n) is 5.05. The Morgan fingerprint density at radius 1 is 1.18 bits per heavy atom. The molecular weight excluding hydrogens is 284 g/mol. The standard InChI is InChI=1S/C16H18N2O4/c17-9-12-2-4-13(18(16(12)20)6-1-7-19)11-3-5-14-15(8-11)22-10-21-14/h2-5,8,19H,1,6-7,9-10,17H2. The fourth-order valence-corrected chi connectivity index (χ4v) is 2.54. The summed E-state index contributed by atoms with van der Waals surface area (Å²) in [5.74, 6) is 1.37. The molecule has 6 nitrogen and oxygen atoms in total. The summed E-state index contributed by atoms with van der Waals surface area (Å²) >= 11 is 0. The van der Waals surface area contributed by atoms with E-state index in [0.717, 1.165) is 11.3 Å². The monoisotopic (exact) mass is 302 g/mol. The lowest BCUT2D eigenvalue weighted by Gasteiger charge is -2.14. The molecule has 6 heteroatoms. The van der Waals surface area contributed by atoms with Gasteiger partial charge >= 0.3 is 0 Å². The molecule has 0 radical (unpaired) electrons. The van der Waals surface area contributed by atoms with Crippen LogP contribution in [0.5, 0.6) is 11.5 Å². The summed E-state index contributed by atoms with van der Waals surface area (Å²) in [5.41, 5.74) is 7.69. The van der Waals surface area contributed by atoms with E-state index < -0.39 is 0 Å². The van der Waals surface area contributed by atoms with Crippen molar-refractivity contribution in [1.82, 2.24) is 4.57 Å². The minimum atomic E-state index is -0.119. The van der Waals surface area contributed by atoms with Gasteiger partial charge in [-0.25, -0.2) is 0 Å². The van der Waals surface area contributed by atoms with Crippen LogP contribution in [-0.4, -0.2) is 23.1 Å². The minimum absolute atomic E-state index is 0.0277. The number of hydrogen-bond acceptors (Lipinski definition) is 5. The van der Waals surface area contributed by atoms with Crippen molar-refractivity contribution in [2.24, 2.45) is 5.73 Å². The molecule has 0 spiro atoms. The molecule has 1 aliphatic heterocycles. The molecule has 0 amide bonds. The van der Waals surface area contributed by atoms with Gasteiger partial charge in [0.05, 0.1) is 5.69 Å². The van der Waals surface area contributed by atoms with Gasteiger partial charge in [-0.05, 0) is 30.7 Å². The Hall–Kier alpha value is -2.31. The normalized spacial score (nSPS) is 12.6. The smallest absolute Gasteiger partial charge is 0.255 e. The van der Waals surface area contributed by atoms with E-state index in [4.69, 9.17) is 20.3 Å². The van der Waals surface area contributed by atoms with Crippen LogP contribution in [0.15, 0.2) is 35.1 Å². The van der Waals surface area contributed by atoms with Crippen LogP contribution in [0.4, 0.5) is 0 Å². The van der Waals surface area contributed by atoms with E-state index in [0.29, 0.717) is 30.0 Å². The second-order valence-corrected chi connectivity index (χ2v) is 5.05. The molecule has 116 valence electrons. The summed E-state index contributed by atoms with van der Waals surface area (Å²) in [6, 6.07) is 9.19. The van der Waals surface area contributed by atoms with Crippen molar-refractivity contribution in [3.8, 4) is 22.8 Å². The molecule has 3 N–H and O–H groups in total. The Balaban J connectivity index is 2.09. The lowest BCUT2D eigenvalue weighted by Crippen LogP contribution is -2.27. The van der Waals surface area contributed by atoms with Crippen LogP contribution in [-0.2, 0) is 13.1 Å². The number of pyridine rings is 1. The molecule has 0 saturated heterocycles. The molecule has 1 aromatic heterocycles. The van der Waals surface area contributed by atoms with Gasteiger partial charge in [0.1, 0.15) is 0 Å². The second kappa shape index (κ2) is 6.21. The zero-order chi connectivity index (χ0) is 15.5. The Bertz CT molecular complexity index is 739. The van der Waals surface area contributed by atoms with Crippen LogP contribution >= 0.6 is 0 Å². The Kier molecular flexibility index (Phi) is 4.13. The molecule has 3 rings (SSSR count). The highest BCUT2D eigenvalue weighted by Gasteiger charge is 2.16. The maximum absolute atomic E-state index is 12.5. The SMILES string of the molecule is NCc1ccc(-c2ccc3c(c2)OCO3)n(CCCO)c1=O. The van der Waals surface area contributed by atoms with Gasteiger partial charge in [-0.15, -0.1) is 0 Å². The van der Waals surface area contributed by atoms with Crippen LogP contribution in [0.25, 0.3) is 11.3 Å². The molecule has 0 fully saturated rings. The van der Waals surface area contributed by atoms with Crippen molar-refractivity contribution in [3.05, 3.63) is 46.2 Å². The highest BCUT2D eigenvalue weighted by atomic mass is 16.7. The molecule has 0 atom stereocenters. The van der Waals surface area contributed by atoms with Gasteiger partial charge in [0.25, 0.3) is 5.56 Å². The molecule has 0 unspecified atom stereocenters. The van der Waals surface area contributed by atoms with Gasteiger partial charge < -0.3 is 24.9 Å². The van der Waals surface area contributed by atoms with E-state index in [2.05, 4.69) is 0 Å². The molecule has 0 aliphatic carbocycles. The predicted molar refractivity (Wildman–Crippen MR) is 81.9 cm³/mol. The molecular formula is C16H18N2O4. The highest BCUT2D eigenvalue weighted by molar-refractivity contribution is 5.65. The van der Waals surface area contributed by atoms with Gasteiger partial charge in [0.15, 0.2) is 11.5 Å². The zero-order valence-corrected chi connectivity index (χ0v) is 12.1. The van der Waals surface area contributed by atoms with Gasteiger partial charge in [0.2, 0.25) is 6.79 Å². The van der Waals surface area contributed by atoms with Crippen LogP contribution in [0.1, 0.15) is 12.0 Å². The predicted octanol–water partition coefficient (Wildman–Crippen LogP) is 1.09. The first-order chi connectivity index (χ1) is 10.7. The van der Waals surface area contributed by atoms with Crippen molar-refractivity contribution < 1.29 is 14.6 Å². The lowest BCUT2D eigenvalue weighted by atomic mass is 10.1. The molecule has 22 heavy (non-hydrogen) atoms. The van der Waals surface area contributed by atoms with Gasteiger partial charge in [-0.1, -0.05) is 6.07 Å². The van der Waals surface area contributed by atoms with Crippen molar-refractivity contribution >= 4 is 0 Å². The zero-order valence-electron chi connectivity index (χ0n) is 12.1. The average Bonchev–Trinajstić information content (AvgIpc) is 3.01. The fraction of sp³-hybridized carbons (Fsp3) is 0.312. The summed E-state index contributed by atoms with van der Waals surface area (Å²) in [6.07, 6.45) is 0.505. The van der Waals surface area contributed by atoms with Crippen molar-refractivity contribution in [3.63, 3.8) is 0 Å². The summed E-state index contributed by atoms with van der Waals surface area (Å²) in [4.78, 5) is 12.5. The summed E-state index contributed by atoms with van der Waals surface area (Å²) in [7, 11) is 0. The maximum atomic E-state index is 12.5. The number of nitrogens with two attached hydrogens (primary N) is 1. The van der Waals surface area contributed by atoms with Crippen molar-refractivity contribution in [2.45, 2.75) is 19.5 Å². The van der Waals surface area contributed by atoms with Crippen molar-refractivity contribution in [1.29, 1.82) is 0 Å². The van der Waals surface area contributed by atoms with Gasteiger partial charge in [-0.2, -0.15) is 0 Å². The average molecular weight is 302 g/mol. The Labute approximate surface area is 127 Å². The third-order valence-corrected chi connectivity index (χ3v) is 3.68. The number of fused-ring (bicyclic) bond motifs is 1. The number of aliphatic hydroxyl groups excluding tert-OH is 1. The van der Waals surface area contributed by atoms with E-state index in [9.17, 15) is 4.79 Å². The highest BCUT2D eigenvalue weighted by Crippen LogP contribution is 2.35. The third kappa shape index (κ3) is 2.58. The van der Waals surface area contributed by atoms with Gasteiger partial charge in [-0.3, -0.25) is 4.79 Å². The fourth-order valence-electron chi connectivity index (χ4n) is 2.54. The molecule has 2 heterocycles. The lowest BCUT2D eigenvalue weighted by molar-refractivity contribution is 0.174. The number of rotatable bonds is 5. The van der Waals surface area contributed by atoms with Crippen LogP contribution in [0, 0.1) is 0 Å². The van der Waals surface area contributed by atoms with Crippen molar-refractivity contribution in [2.75, 3.05) is 13.4 Å². The molecule has 1 aromatic carbocycles. The first-order valence-electron chi connectivity index (χ1n) is 7.18. The number of hydrogen-bond donors (Lipinski definition) is 2. The van der Waals surface area contributed by atoms with E-state index in [1.165, 1.54) is 0 Å².